The highest BCUT2D eigenvalue weighted by Gasteiger charge is 2.04. The van der Waals surface area contributed by atoms with Gasteiger partial charge in [0.05, 0.1) is 0 Å². The van der Waals surface area contributed by atoms with Crippen LogP contribution in [0.25, 0.3) is 0 Å². The average molecular weight is 198 g/mol. The molecule has 0 aromatic carbocycles. The highest BCUT2D eigenvalue weighted by atomic mass is 16.5. The summed E-state index contributed by atoms with van der Waals surface area (Å²) in [5.41, 5.74) is -0.897. The van der Waals surface area contributed by atoms with E-state index in [1.807, 2.05) is 0 Å². The molecular weight excluding hydrogens is 176 g/mol. The zero-order valence-corrected chi connectivity index (χ0v) is 9.60. The Kier molecular flexibility index (Phi) is 7.55. The van der Waals surface area contributed by atoms with Crippen molar-refractivity contribution in [2.45, 2.75) is 52.1 Å². The molecule has 0 saturated carbocycles. The Balaban J connectivity index is 3.24. The van der Waals surface area contributed by atoms with Gasteiger partial charge in [-0.1, -0.05) is 38.0 Å². The molecule has 2 nitrogen and oxygen atoms in total. The van der Waals surface area contributed by atoms with Crippen molar-refractivity contribution in [1.29, 1.82) is 0 Å². The van der Waals surface area contributed by atoms with Gasteiger partial charge in [0.15, 0.2) is 0 Å². The van der Waals surface area contributed by atoms with Gasteiger partial charge in [0.1, 0.15) is 12.2 Å². The lowest BCUT2D eigenvalue weighted by Crippen LogP contribution is -2.14. The third kappa shape index (κ3) is 11.5. The van der Waals surface area contributed by atoms with Crippen LogP contribution in [-0.2, 0) is 4.74 Å². The summed E-state index contributed by atoms with van der Waals surface area (Å²) in [5.74, 6) is 5.50. The predicted octanol–water partition coefficient (Wildman–Crippen LogP) is 2.36. The molecule has 82 valence electrons. The number of rotatable bonds is 6. The van der Waals surface area contributed by atoms with E-state index in [0.29, 0.717) is 6.61 Å². The zero-order chi connectivity index (χ0) is 10.9. The van der Waals surface area contributed by atoms with Crippen LogP contribution in [0.5, 0.6) is 0 Å². The van der Waals surface area contributed by atoms with E-state index in [1.165, 1.54) is 19.3 Å². The fourth-order valence-electron chi connectivity index (χ4n) is 1.01. The molecule has 0 aliphatic carbocycles. The van der Waals surface area contributed by atoms with Gasteiger partial charge in [-0.25, -0.2) is 0 Å². The summed E-state index contributed by atoms with van der Waals surface area (Å²) in [5, 5.41) is 9.26. The van der Waals surface area contributed by atoms with Crippen LogP contribution in [0.2, 0.25) is 0 Å². The second-order valence-corrected chi connectivity index (χ2v) is 3.97. The van der Waals surface area contributed by atoms with Gasteiger partial charge in [-0.2, -0.15) is 0 Å². The van der Waals surface area contributed by atoms with Crippen molar-refractivity contribution in [1.82, 2.24) is 0 Å². The van der Waals surface area contributed by atoms with Crippen LogP contribution in [0.4, 0.5) is 0 Å². The highest BCUT2D eigenvalue weighted by molar-refractivity contribution is 5.09. The van der Waals surface area contributed by atoms with Gasteiger partial charge in [-0.3, -0.25) is 0 Å². The number of ether oxygens (including phenoxy) is 1. The maximum atomic E-state index is 9.26. The van der Waals surface area contributed by atoms with Gasteiger partial charge in [0.2, 0.25) is 0 Å². The molecule has 0 atom stereocenters. The van der Waals surface area contributed by atoms with E-state index in [9.17, 15) is 5.11 Å². The minimum absolute atomic E-state index is 0.427. The number of unbranched alkanes of at least 4 members (excludes halogenated alkanes) is 3. The topological polar surface area (TPSA) is 29.5 Å². The van der Waals surface area contributed by atoms with E-state index in [2.05, 4.69) is 18.8 Å². The quantitative estimate of drug-likeness (QED) is 0.524. The molecular formula is C12H22O2. The normalized spacial score (nSPS) is 10.9. The summed E-state index contributed by atoms with van der Waals surface area (Å²) in [6, 6.07) is 0. The second kappa shape index (κ2) is 7.84. The van der Waals surface area contributed by atoms with Gasteiger partial charge in [0, 0.05) is 6.61 Å². The van der Waals surface area contributed by atoms with E-state index < -0.39 is 5.60 Å². The third-order valence-electron chi connectivity index (χ3n) is 1.71. The first-order valence-corrected chi connectivity index (χ1v) is 5.36. The summed E-state index contributed by atoms with van der Waals surface area (Å²) < 4.78 is 5.29. The summed E-state index contributed by atoms with van der Waals surface area (Å²) in [4.78, 5) is 0. The van der Waals surface area contributed by atoms with Gasteiger partial charge in [-0.15, -0.1) is 0 Å². The molecule has 0 aliphatic rings. The Morgan fingerprint density at radius 3 is 2.50 bits per heavy atom. The number of hydrogen-bond donors (Lipinski definition) is 1. The lowest BCUT2D eigenvalue weighted by atomic mass is 10.1. The molecule has 0 radical (unpaired) electrons. The van der Waals surface area contributed by atoms with Gasteiger partial charge in [-0.05, 0) is 20.3 Å². The Labute approximate surface area is 87.7 Å². The molecule has 0 fully saturated rings. The smallest absolute Gasteiger partial charge is 0.120 e. The van der Waals surface area contributed by atoms with Crippen molar-refractivity contribution >= 4 is 0 Å². The summed E-state index contributed by atoms with van der Waals surface area (Å²) in [7, 11) is 0. The summed E-state index contributed by atoms with van der Waals surface area (Å²) in [6.07, 6.45) is 4.87. The van der Waals surface area contributed by atoms with E-state index in [-0.39, 0.29) is 0 Å². The van der Waals surface area contributed by atoms with Gasteiger partial charge < -0.3 is 9.84 Å². The molecule has 0 rings (SSSR count). The largest absolute Gasteiger partial charge is 0.378 e. The van der Waals surface area contributed by atoms with Crippen molar-refractivity contribution in [3.8, 4) is 11.8 Å². The van der Waals surface area contributed by atoms with Gasteiger partial charge in [0.25, 0.3) is 0 Å². The highest BCUT2D eigenvalue weighted by Crippen LogP contribution is 1.99. The lowest BCUT2D eigenvalue weighted by Gasteiger charge is -2.06. The monoisotopic (exact) mass is 198 g/mol. The second-order valence-electron chi connectivity index (χ2n) is 3.97. The molecule has 0 amide bonds. The molecule has 0 saturated heterocycles. The van der Waals surface area contributed by atoms with Crippen LogP contribution in [0.1, 0.15) is 46.5 Å². The molecule has 0 unspecified atom stereocenters. The standard InChI is InChI=1S/C12H22O2/c1-4-5-6-7-10-14-11-8-9-12(2,3)13/h13H,4-7,10-11H2,1-3H3. The van der Waals surface area contributed by atoms with E-state index in [0.717, 1.165) is 13.0 Å². The Morgan fingerprint density at radius 1 is 1.21 bits per heavy atom. The SMILES string of the molecule is CCCCCCOCC#CC(C)(C)O. The van der Waals surface area contributed by atoms with Crippen molar-refractivity contribution in [3.63, 3.8) is 0 Å². The molecule has 0 aliphatic heterocycles. The molecule has 0 spiro atoms. The Morgan fingerprint density at radius 2 is 1.93 bits per heavy atom. The molecule has 0 aromatic heterocycles. The Bertz CT molecular complexity index is 181. The fourth-order valence-corrected chi connectivity index (χ4v) is 1.01. The molecule has 0 aromatic rings. The first-order chi connectivity index (χ1) is 6.56. The van der Waals surface area contributed by atoms with Crippen molar-refractivity contribution in [2.75, 3.05) is 13.2 Å². The molecule has 2 heteroatoms. The van der Waals surface area contributed by atoms with Crippen LogP contribution in [0.15, 0.2) is 0 Å². The van der Waals surface area contributed by atoms with Crippen LogP contribution < -0.4 is 0 Å². The first kappa shape index (κ1) is 13.5. The maximum Gasteiger partial charge on any atom is 0.120 e. The molecule has 0 bridgehead atoms. The molecule has 14 heavy (non-hydrogen) atoms. The number of hydrogen-bond acceptors (Lipinski definition) is 2. The predicted molar refractivity (Wildman–Crippen MR) is 59.0 cm³/mol. The maximum absolute atomic E-state index is 9.26. The average Bonchev–Trinajstić information content (AvgIpc) is 2.08. The first-order valence-electron chi connectivity index (χ1n) is 5.36. The van der Waals surface area contributed by atoms with E-state index in [1.54, 1.807) is 13.8 Å². The van der Waals surface area contributed by atoms with Crippen molar-refractivity contribution in [2.24, 2.45) is 0 Å². The lowest BCUT2D eigenvalue weighted by molar-refractivity contribution is 0.140. The van der Waals surface area contributed by atoms with Gasteiger partial charge >= 0.3 is 0 Å². The van der Waals surface area contributed by atoms with Crippen LogP contribution in [-0.4, -0.2) is 23.9 Å². The fraction of sp³-hybridized carbons (Fsp3) is 0.833. The summed E-state index contributed by atoms with van der Waals surface area (Å²) >= 11 is 0. The van der Waals surface area contributed by atoms with Crippen molar-refractivity contribution < 1.29 is 9.84 Å². The third-order valence-corrected chi connectivity index (χ3v) is 1.71. The van der Waals surface area contributed by atoms with Crippen molar-refractivity contribution in [3.05, 3.63) is 0 Å². The molecule has 1 N–H and O–H groups in total. The van der Waals surface area contributed by atoms with E-state index >= 15 is 0 Å². The minimum atomic E-state index is -0.897. The van der Waals surface area contributed by atoms with Crippen LogP contribution in [0.3, 0.4) is 0 Å². The van der Waals surface area contributed by atoms with Crippen LogP contribution >= 0.6 is 0 Å². The summed E-state index contributed by atoms with van der Waals surface area (Å²) in [6.45, 7) is 6.73. The van der Waals surface area contributed by atoms with Crippen LogP contribution in [0, 0.1) is 11.8 Å². The number of aliphatic hydroxyl groups is 1. The zero-order valence-electron chi connectivity index (χ0n) is 9.60. The minimum Gasteiger partial charge on any atom is -0.378 e. The van der Waals surface area contributed by atoms with E-state index in [4.69, 9.17) is 4.74 Å². The Hall–Kier alpha value is -0.520. The molecule has 0 heterocycles.